The third-order valence-electron chi connectivity index (χ3n) is 3.96. The topological polar surface area (TPSA) is 56.5 Å². The van der Waals surface area contributed by atoms with Gasteiger partial charge < -0.3 is 9.47 Å². The number of ether oxygens (including phenoxy) is 2. The minimum absolute atomic E-state index is 0.420. The van der Waals surface area contributed by atoms with Crippen molar-refractivity contribution in [1.82, 2.24) is 5.43 Å². The van der Waals surface area contributed by atoms with Gasteiger partial charge in [0, 0.05) is 19.3 Å². The van der Waals surface area contributed by atoms with Crippen molar-refractivity contribution in [3.05, 3.63) is 0 Å². The first-order valence-corrected chi connectivity index (χ1v) is 7.08. The summed E-state index contributed by atoms with van der Waals surface area (Å²) in [6.45, 7) is 1.89. The van der Waals surface area contributed by atoms with Crippen molar-refractivity contribution in [1.29, 1.82) is 0 Å². The fourth-order valence-corrected chi connectivity index (χ4v) is 2.83. The zero-order valence-corrected chi connectivity index (χ0v) is 10.7. The van der Waals surface area contributed by atoms with E-state index in [0.29, 0.717) is 18.2 Å². The molecule has 0 bridgehead atoms. The number of hydrogen-bond donors (Lipinski definition) is 2. The zero-order chi connectivity index (χ0) is 11.9. The molecule has 100 valence electrons. The van der Waals surface area contributed by atoms with Crippen LogP contribution in [-0.2, 0) is 9.47 Å². The van der Waals surface area contributed by atoms with E-state index in [4.69, 9.17) is 15.3 Å². The molecule has 2 aliphatic rings. The zero-order valence-electron chi connectivity index (χ0n) is 10.7. The molecule has 0 aliphatic carbocycles. The maximum absolute atomic E-state index is 5.63. The van der Waals surface area contributed by atoms with E-state index in [0.717, 1.165) is 38.9 Å². The Morgan fingerprint density at radius 3 is 1.88 bits per heavy atom. The highest BCUT2D eigenvalue weighted by Crippen LogP contribution is 2.21. The molecule has 2 unspecified atom stereocenters. The van der Waals surface area contributed by atoms with Crippen molar-refractivity contribution in [3.8, 4) is 0 Å². The van der Waals surface area contributed by atoms with Gasteiger partial charge in [0.05, 0.1) is 12.2 Å². The summed E-state index contributed by atoms with van der Waals surface area (Å²) in [5, 5.41) is 0. The molecule has 17 heavy (non-hydrogen) atoms. The van der Waals surface area contributed by atoms with Crippen LogP contribution in [0, 0.1) is 0 Å². The first-order valence-electron chi connectivity index (χ1n) is 7.08. The van der Waals surface area contributed by atoms with Crippen molar-refractivity contribution in [3.63, 3.8) is 0 Å². The second kappa shape index (κ2) is 7.31. The first-order chi connectivity index (χ1) is 8.38. The van der Waals surface area contributed by atoms with Crippen molar-refractivity contribution in [2.45, 2.75) is 69.6 Å². The molecule has 0 saturated carbocycles. The number of nitrogens with one attached hydrogen (secondary N) is 1. The molecule has 2 heterocycles. The van der Waals surface area contributed by atoms with E-state index in [1.807, 2.05) is 0 Å². The Hall–Kier alpha value is -0.160. The summed E-state index contributed by atoms with van der Waals surface area (Å²) in [6, 6.07) is 0.420. The molecule has 0 amide bonds. The molecule has 2 fully saturated rings. The first kappa shape index (κ1) is 13.3. The van der Waals surface area contributed by atoms with E-state index in [1.54, 1.807) is 0 Å². The van der Waals surface area contributed by atoms with Crippen molar-refractivity contribution < 1.29 is 9.47 Å². The van der Waals surface area contributed by atoms with Gasteiger partial charge in [-0.3, -0.25) is 11.3 Å². The van der Waals surface area contributed by atoms with E-state index in [-0.39, 0.29) is 0 Å². The lowest BCUT2D eigenvalue weighted by Crippen LogP contribution is -2.36. The maximum Gasteiger partial charge on any atom is 0.0576 e. The van der Waals surface area contributed by atoms with Gasteiger partial charge in [-0.05, 0) is 51.4 Å². The Labute approximate surface area is 104 Å². The van der Waals surface area contributed by atoms with Gasteiger partial charge in [0.2, 0.25) is 0 Å². The lowest BCUT2D eigenvalue weighted by atomic mass is 10.00. The summed E-state index contributed by atoms with van der Waals surface area (Å²) < 4.78 is 11.3. The van der Waals surface area contributed by atoms with E-state index < -0.39 is 0 Å². The molecular weight excluding hydrogens is 216 g/mol. The number of nitrogens with two attached hydrogens (primary N) is 1. The molecular formula is C13H26N2O2. The summed E-state index contributed by atoms with van der Waals surface area (Å²) in [4.78, 5) is 0. The average molecular weight is 242 g/mol. The standard InChI is InChI=1S/C13H26N2O2/c14-15-11(5-7-12-3-1-9-16-12)6-8-13-4-2-10-17-13/h11-13,15H,1-10,14H2. The van der Waals surface area contributed by atoms with Gasteiger partial charge in [0.25, 0.3) is 0 Å². The summed E-state index contributed by atoms with van der Waals surface area (Å²) in [5.41, 5.74) is 2.94. The van der Waals surface area contributed by atoms with Crippen molar-refractivity contribution >= 4 is 0 Å². The van der Waals surface area contributed by atoms with Crippen LogP contribution in [0.3, 0.4) is 0 Å². The van der Waals surface area contributed by atoms with Crippen LogP contribution < -0.4 is 11.3 Å². The minimum atomic E-state index is 0.420. The van der Waals surface area contributed by atoms with E-state index >= 15 is 0 Å². The Morgan fingerprint density at radius 1 is 1.00 bits per heavy atom. The van der Waals surface area contributed by atoms with Crippen molar-refractivity contribution in [2.75, 3.05) is 13.2 Å². The lowest BCUT2D eigenvalue weighted by molar-refractivity contribution is 0.0913. The Kier molecular flexibility index (Phi) is 5.71. The van der Waals surface area contributed by atoms with Gasteiger partial charge in [-0.15, -0.1) is 0 Å². The summed E-state index contributed by atoms with van der Waals surface area (Å²) >= 11 is 0. The molecule has 2 aliphatic heterocycles. The van der Waals surface area contributed by atoms with Crippen LogP contribution in [0.1, 0.15) is 51.4 Å². The monoisotopic (exact) mass is 242 g/mol. The second-order valence-electron chi connectivity index (χ2n) is 5.29. The summed E-state index contributed by atoms with van der Waals surface area (Å²) in [5.74, 6) is 5.61. The molecule has 4 heteroatoms. The van der Waals surface area contributed by atoms with E-state index in [1.165, 1.54) is 25.7 Å². The number of hydrogen-bond acceptors (Lipinski definition) is 4. The van der Waals surface area contributed by atoms with Crippen molar-refractivity contribution in [2.24, 2.45) is 5.84 Å². The van der Waals surface area contributed by atoms with Gasteiger partial charge in [0.1, 0.15) is 0 Å². The van der Waals surface area contributed by atoms with Gasteiger partial charge in [0.15, 0.2) is 0 Å². The number of rotatable bonds is 7. The molecule has 0 spiro atoms. The Morgan fingerprint density at radius 2 is 1.53 bits per heavy atom. The smallest absolute Gasteiger partial charge is 0.0576 e. The molecule has 0 aromatic carbocycles. The molecule has 0 aromatic heterocycles. The largest absolute Gasteiger partial charge is 0.378 e. The third-order valence-corrected chi connectivity index (χ3v) is 3.96. The fraction of sp³-hybridized carbons (Fsp3) is 1.00. The highest BCUT2D eigenvalue weighted by Gasteiger charge is 2.20. The van der Waals surface area contributed by atoms with Crippen LogP contribution in [-0.4, -0.2) is 31.5 Å². The molecule has 2 saturated heterocycles. The van der Waals surface area contributed by atoms with Crippen LogP contribution in [0.5, 0.6) is 0 Å². The maximum atomic E-state index is 5.63. The summed E-state index contributed by atoms with van der Waals surface area (Å²) in [7, 11) is 0. The minimum Gasteiger partial charge on any atom is -0.378 e. The third kappa shape index (κ3) is 4.54. The lowest BCUT2D eigenvalue weighted by Gasteiger charge is -2.19. The average Bonchev–Trinajstić information content (AvgIpc) is 3.02. The normalized spacial score (nSPS) is 30.9. The molecule has 3 N–H and O–H groups in total. The van der Waals surface area contributed by atoms with E-state index in [9.17, 15) is 0 Å². The highest BCUT2D eigenvalue weighted by molar-refractivity contribution is 4.73. The van der Waals surface area contributed by atoms with Gasteiger partial charge in [-0.25, -0.2) is 0 Å². The second-order valence-corrected chi connectivity index (χ2v) is 5.29. The molecule has 0 radical (unpaired) electrons. The van der Waals surface area contributed by atoms with Crippen LogP contribution in [0.25, 0.3) is 0 Å². The highest BCUT2D eigenvalue weighted by atomic mass is 16.5. The predicted octanol–water partition coefficient (Wildman–Crippen LogP) is 1.74. The Bertz CT molecular complexity index is 182. The summed E-state index contributed by atoms with van der Waals surface area (Å²) in [6.07, 6.45) is 10.4. The van der Waals surface area contributed by atoms with E-state index in [2.05, 4.69) is 5.43 Å². The molecule has 4 nitrogen and oxygen atoms in total. The number of hydrazine groups is 1. The fourth-order valence-electron chi connectivity index (χ4n) is 2.83. The predicted molar refractivity (Wildman–Crippen MR) is 67.5 cm³/mol. The molecule has 2 rings (SSSR count). The van der Waals surface area contributed by atoms with Crippen LogP contribution >= 0.6 is 0 Å². The SMILES string of the molecule is NNC(CCC1CCCO1)CCC1CCCO1. The van der Waals surface area contributed by atoms with Crippen LogP contribution in [0.15, 0.2) is 0 Å². The Balaban J connectivity index is 1.58. The van der Waals surface area contributed by atoms with Gasteiger partial charge in [-0.1, -0.05) is 0 Å². The molecule has 0 aromatic rings. The molecule has 2 atom stereocenters. The quantitative estimate of drug-likeness (QED) is 0.527. The van der Waals surface area contributed by atoms with Crippen LogP contribution in [0.4, 0.5) is 0 Å². The van der Waals surface area contributed by atoms with Crippen LogP contribution in [0.2, 0.25) is 0 Å². The van der Waals surface area contributed by atoms with Gasteiger partial charge in [-0.2, -0.15) is 0 Å². The van der Waals surface area contributed by atoms with Gasteiger partial charge >= 0.3 is 0 Å².